The molecule has 1 aromatic heterocycles. The maximum absolute atomic E-state index is 11.9. The lowest BCUT2D eigenvalue weighted by Crippen LogP contribution is -2.36. The second-order valence-electron chi connectivity index (χ2n) is 4.68. The summed E-state index contributed by atoms with van der Waals surface area (Å²) in [5.74, 6) is 1.39. The molecular weight excluding hydrogens is 275 g/mol. The van der Waals surface area contributed by atoms with E-state index < -0.39 is 0 Å². The van der Waals surface area contributed by atoms with Gasteiger partial charge in [0.1, 0.15) is 6.04 Å². The molecule has 2 fully saturated rings. The van der Waals surface area contributed by atoms with Crippen LogP contribution in [0.5, 0.6) is 0 Å². The lowest BCUT2D eigenvalue weighted by molar-refractivity contribution is -0.124. The number of hydrogen-bond acceptors (Lipinski definition) is 3. The van der Waals surface area contributed by atoms with Crippen LogP contribution in [0, 0.1) is 11.8 Å². The third-order valence-corrected chi connectivity index (χ3v) is 3.70. The minimum absolute atomic E-state index is 0. The lowest BCUT2D eigenvalue weighted by Gasteiger charge is -2.13. The number of carbonyl (C=O) groups excluding carboxylic acids is 1. The molecule has 0 bridgehead atoms. The van der Waals surface area contributed by atoms with Gasteiger partial charge in [-0.25, -0.2) is 0 Å². The van der Waals surface area contributed by atoms with Crippen LogP contribution >= 0.6 is 24.8 Å². The highest BCUT2D eigenvalue weighted by Crippen LogP contribution is 2.41. The number of amides is 1. The van der Waals surface area contributed by atoms with Crippen molar-refractivity contribution in [3.05, 3.63) is 18.5 Å². The van der Waals surface area contributed by atoms with Crippen molar-refractivity contribution in [2.75, 3.05) is 13.1 Å². The van der Waals surface area contributed by atoms with E-state index in [9.17, 15) is 4.79 Å². The molecule has 3 unspecified atom stereocenters. The van der Waals surface area contributed by atoms with Crippen molar-refractivity contribution in [2.45, 2.75) is 19.0 Å². The van der Waals surface area contributed by atoms with E-state index in [4.69, 9.17) is 0 Å². The predicted octanol–water partition coefficient (Wildman–Crippen LogP) is 0.622. The molecule has 102 valence electrons. The Bertz CT molecular complexity index is 388. The summed E-state index contributed by atoms with van der Waals surface area (Å²) in [6.45, 7) is 3.97. The molecule has 0 aromatic carbocycles. The zero-order valence-corrected chi connectivity index (χ0v) is 11.7. The van der Waals surface area contributed by atoms with Crippen LogP contribution in [0.1, 0.15) is 13.0 Å². The van der Waals surface area contributed by atoms with Gasteiger partial charge in [-0.15, -0.1) is 24.8 Å². The molecule has 7 heteroatoms. The monoisotopic (exact) mass is 292 g/mol. The SMILES string of the molecule is CC(C(=O)NC1C2CNCC21)n1cccn1.Cl.Cl. The van der Waals surface area contributed by atoms with Crippen LogP contribution in [0.15, 0.2) is 18.5 Å². The summed E-state index contributed by atoms with van der Waals surface area (Å²) in [6.07, 6.45) is 3.51. The zero-order chi connectivity index (χ0) is 11.1. The number of hydrogen-bond donors (Lipinski definition) is 2. The van der Waals surface area contributed by atoms with Crippen LogP contribution in [-0.2, 0) is 4.79 Å². The van der Waals surface area contributed by atoms with Crippen molar-refractivity contribution < 1.29 is 4.79 Å². The number of halogens is 2. The Morgan fingerprint density at radius 2 is 2.11 bits per heavy atom. The summed E-state index contributed by atoms with van der Waals surface area (Å²) in [4.78, 5) is 11.9. The average molecular weight is 293 g/mol. The molecule has 1 aliphatic heterocycles. The van der Waals surface area contributed by atoms with Crippen molar-refractivity contribution in [1.29, 1.82) is 0 Å². The quantitative estimate of drug-likeness (QED) is 0.859. The van der Waals surface area contributed by atoms with Gasteiger partial charge in [-0.1, -0.05) is 0 Å². The lowest BCUT2D eigenvalue weighted by atomic mass is 10.3. The van der Waals surface area contributed by atoms with E-state index in [1.54, 1.807) is 10.9 Å². The first-order valence-electron chi connectivity index (χ1n) is 5.77. The van der Waals surface area contributed by atoms with Crippen LogP contribution in [-0.4, -0.2) is 34.8 Å². The molecule has 1 saturated heterocycles. The van der Waals surface area contributed by atoms with Crippen LogP contribution < -0.4 is 10.6 Å². The third-order valence-electron chi connectivity index (χ3n) is 3.70. The van der Waals surface area contributed by atoms with Gasteiger partial charge in [0.2, 0.25) is 5.91 Å². The highest BCUT2D eigenvalue weighted by Gasteiger charge is 2.53. The average Bonchev–Trinajstić information content (AvgIpc) is 2.81. The fourth-order valence-electron chi connectivity index (χ4n) is 2.55. The molecule has 1 aromatic rings. The molecule has 1 aliphatic carbocycles. The largest absolute Gasteiger partial charge is 0.351 e. The standard InChI is InChI=1S/C11H16N4O.2ClH/c1-7(15-4-2-3-13-15)11(16)14-10-8-5-12-6-9(8)10;;/h2-4,7-10,12H,5-6H2,1H3,(H,14,16);2*1H. The Kier molecular flexibility index (Phi) is 5.01. The van der Waals surface area contributed by atoms with Crippen LogP contribution in [0.25, 0.3) is 0 Å². The van der Waals surface area contributed by atoms with E-state index in [0.29, 0.717) is 17.9 Å². The summed E-state index contributed by atoms with van der Waals surface area (Å²) in [7, 11) is 0. The molecule has 2 aliphatic rings. The molecule has 2 heterocycles. The normalized spacial score (nSPS) is 29.5. The smallest absolute Gasteiger partial charge is 0.244 e. The van der Waals surface area contributed by atoms with Gasteiger partial charge in [0.25, 0.3) is 0 Å². The van der Waals surface area contributed by atoms with Crippen molar-refractivity contribution >= 4 is 30.7 Å². The molecule has 0 spiro atoms. The number of nitrogens with one attached hydrogen (secondary N) is 2. The molecule has 0 radical (unpaired) electrons. The van der Waals surface area contributed by atoms with E-state index in [1.807, 2.05) is 19.2 Å². The molecule has 2 N–H and O–H groups in total. The van der Waals surface area contributed by atoms with Crippen molar-refractivity contribution in [2.24, 2.45) is 11.8 Å². The minimum atomic E-state index is -0.218. The van der Waals surface area contributed by atoms with E-state index in [-0.39, 0.29) is 36.8 Å². The molecule has 1 amide bonds. The topological polar surface area (TPSA) is 59.0 Å². The Hall–Kier alpha value is -0.780. The van der Waals surface area contributed by atoms with Crippen molar-refractivity contribution in [1.82, 2.24) is 20.4 Å². The van der Waals surface area contributed by atoms with Gasteiger partial charge < -0.3 is 10.6 Å². The number of nitrogens with zero attached hydrogens (tertiary/aromatic N) is 2. The third kappa shape index (κ3) is 2.63. The maximum atomic E-state index is 11.9. The van der Waals surface area contributed by atoms with E-state index in [2.05, 4.69) is 15.7 Å². The first kappa shape index (κ1) is 15.3. The second kappa shape index (κ2) is 5.91. The van der Waals surface area contributed by atoms with E-state index in [1.165, 1.54) is 0 Å². The molecule has 3 atom stereocenters. The Morgan fingerprint density at radius 1 is 1.44 bits per heavy atom. The summed E-state index contributed by atoms with van der Waals surface area (Å²) < 4.78 is 1.69. The van der Waals surface area contributed by atoms with E-state index >= 15 is 0 Å². The summed E-state index contributed by atoms with van der Waals surface area (Å²) in [5, 5.41) is 10.5. The van der Waals surface area contributed by atoms with Gasteiger partial charge in [0.05, 0.1) is 0 Å². The van der Waals surface area contributed by atoms with Crippen LogP contribution in [0.2, 0.25) is 0 Å². The van der Waals surface area contributed by atoms with Gasteiger partial charge in [-0.2, -0.15) is 5.10 Å². The Labute approximate surface area is 119 Å². The van der Waals surface area contributed by atoms with Gasteiger partial charge in [-0.05, 0) is 24.8 Å². The maximum Gasteiger partial charge on any atom is 0.244 e. The summed E-state index contributed by atoms with van der Waals surface area (Å²) >= 11 is 0. The van der Waals surface area contributed by atoms with Crippen LogP contribution in [0.3, 0.4) is 0 Å². The molecule has 18 heavy (non-hydrogen) atoms. The highest BCUT2D eigenvalue weighted by molar-refractivity contribution is 5.85. The summed E-state index contributed by atoms with van der Waals surface area (Å²) in [6, 6.07) is 2.01. The van der Waals surface area contributed by atoms with Gasteiger partial charge in [0, 0.05) is 31.5 Å². The Balaban J connectivity index is 0.000000810. The number of rotatable bonds is 3. The molecule has 3 rings (SSSR count). The molecular formula is C11H18Cl2N4O. The number of fused-ring (bicyclic) bond motifs is 1. The van der Waals surface area contributed by atoms with Gasteiger partial charge in [0.15, 0.2) is 0 Å². The zero-order valence-electron chi connectivity index (χ0n) is 10.1. The highest BCUT2D eigenvalue weighted by atomic mass is 35.5. The number of carbonyl (C=O) groups is 1. The Morgan fingerprint density at radius 3 is 2.67 bits per heavy atom. The number of aromatic nitrogens is 2. The van der Waals surface area contributed by atoms with Crippen molar-refractivity contribution in [3.8, 4) is 0 Å². The van der Waals surface area contributed by atoms with E-state index in [0.717, 1.165) is 13.1 Å². The van der Waals surface area contributed by atoms with Crippen molar-refractivity contribution in [3.63, 3.8) is 0 Å². The fraction of sp³-hybridized carbons (Fsp3) is 0.636. The minimum Gasteiger partial charge on any atom is -0.351 e. The second-order valence-corrected chi connectivity index (χ2v) is 4.68. The summed E-state index contributed by atoms with van der Waals surface area (Å²) in [5.41, 5.74) is 0. The molecule has 5 nitrogen and oxygen atoms in total. The van der Waals surface area contributed by atoms with Gasteiger partial charge >= 0.3 is 0 Å². The predicted molar refractivity (Wildman–Crippen MR) is 73.2 cm³/mol. The fourth-order valence-corrected chi connectivity index (χ4v) is 2.55. The van der Waals surface area contributed by atoms with Gasteiger partial charge in [-0.3, -0.25) is 9.48 Å². The first-order valence-corrected chi connectivity index (χ1v) is 5.77. The molecule has 1 saturated carbocycles. The van der Waals surface area contributed by atoms with Crippen LogP contribution in [0.4, 0.5) is 0 Å². The number of piperidine rings is 1. The first-order chi connectivity index (χ1) is 7.77.